The van der Waals surface area contributed by atoms with E-state index in [0.717, 1.165) is 11.3 Å². The summed E-state index contributed by atoms with van der Waals surface area (Å²) in [5.41, 5.74) is 6.25. The zero-order chi connectivity index (χ0) is 10.4. The molecule has 0 aliphatic heterocycles. The van der Waals surface area contributed by atoms with Gasteiger partial charge in [-0.2, -0.15) is 0 Å². The van der Waals surface area contributed by atoms with Crippen LogP contribution in [0.5, 0.6) is 5.75 Å². The summed E-state index contributed by atoms with van der Waals surface area (Å²) in [4.78, 5) is 0. The van der Waals surface area contributed by atoms with E-state index in [1.807, 2.05) is 31.2 Å². The summed E-state index contributed by atoms with van der Waals surface area (Å²) in [6.07, 6.45) is 0.129. The molecule has 3 nitrogen and oxygen atoms in total. The van der Waals surface area contributed by atoms with Gasteiger partial charge in [0.15, 0.2) is 0 Å². The maximum absolute atomic E-state index is 9.62. The lowest BCUT2D eigenvalue weighted by Crippen LogP contribution is -2.06. The maximum Gasteiger partial charge on any atom is 0.119 e. The van der Waals surface area contributed by atoms with Crippen LogP contribution in [0.3, 0.4) is 0 Å². The van der Waals surface area contributed by atoms with Crippen molar-refractivity contribution in [3.63, 3.8) is 0 Å². The molecule has 0 amide bonds. The Bertz CT molecular complexity index is 258. The Morgan fingerprint density at radius 1 is 1.36 bits per heavy atom. The third-order valence-electron chi connectivity index (χ3n) is 2.02. The fourth-order valence-electron chi connectivity index (χ4n) is 1.28. The standard InChI is InChI=1S/C11H17NO2/c1-2-14-10-5-3-9(4-6-10)11(13)7-8-12/h3-6,11,13H,2,7-8,12H2,1H3. The van der Waals surface area contributed by atoms with Crippen LogP contribution in [-0.4, -0.2) is 18.3 Å². The molecule has 14 heavy (non-hydrogen) atoms. The zero-order valence-electron chi connectivity index (χ0n) is 8.44. The SMILES string of the molecule is CCOc1ccc(C(O)CCN)cc1. The Morgan fingerprint density at radius 2 is 2.00 bits per heavy atom. The van der Waals surface area contributed by atoms with Gasteiger partial charge in [-0.25, -0.2) is 0 Å². The molecule has 1 rings (SSSR count). The molecule has 1 unspecified atom stereocenters. The molecular formula is C11H17NO2. The summed E-state index contributed by atoms with van der Waals surface area (Å²) < 4.78 is 5.29. The minimum Gasteiger partial charge on any atom is -0.494 e. The van der Waals surface area contributed by atoms with E-state index < -0.39 is 6.10 Å². The summed E-state index contributed by atoms with van der Waals surface area (Å²) in [6.45, 7) is 3.09. The molecule has 1 atom stereocenters. The second kappa shape index (κ2) is 5.62. The largest absolute Gasteiger partial charge is 0.494 e. The van der Waals surface area contributed by atoms with Gasteiger partial charge in [0.2, 0.25) is 0 Å². The molecule has 0 saturated carbocycles. The summed E-state index contributed by atoms with van der Waals surface area (Å²) in [6, 6.07) is 7.45. The lowest BCUT2D eigenvalue weighted by molar-refractivity contribution is 0.170. The average molecular weight is 195 g/mol. The Labute approximate surface area is 84.5 Å². The number of hydrogen-bond acceptors (Lipinski definition) is 3. The summed E-state index contributed by atoms with van der Waals surface area (Å²) in [7, 11) is 0. The van der Waals surface area contributed by atoms with Crippen molar-refractivity contribution < 1.29 is 9.84 Å². The Balaban J connectivity index is 2.62. The molecule has 0 heterocycles. The van der Waals surface area contributed by atoms with Crippen molar-refractivity contribution in [2.45, 2.75) is 19.4 Å². The van der Waals surface area contributed by atoms with Crippen molar-refractivity contribution in [2.75, 3.05) is 13.2 Å². The van der Waals surface area contributed by atoms with Gasteiger partial charge in [0.05, 0.1) is 12.7 Å². The van der Waals surface area contributed by atoms with Crippen molar-refractivity contribution in [2.24, 2.45) is 5.73 Å². The van der Waals surface area contributed by atoms with Gasteiger partial charge in [0.25, 0.3) is 0 Å². The van der Waals surface area contributed by atoms with Crippen molar-refractivity contribution in [3.05, 3.63) is 29.8 Å². The van der Waals surface area contributed by atoms with Crippen LogP contribution in [-0.2, 0) is 0 Å². The molecule has 0 saturated heterocycles. The van der Waals surface area contributed by atoms with Crippen LogP contribution in [0.1, 0.15) is 25.0 Å². The molecule has 0 spiro atoms. The Kier molecular flexibility index (Phi) is 4.43. The van der Waals surface area contributed by atoms with Crippen LogP contribution in [0, 0.1) is 0 Å². The topological polar surface area (TPSA) is 55.5 Å². The smallest absolute Gasteiger partial charge is 0.119 e. The molecule has 3 heteroatoms. The number of aliphatic hydroxyl groups excluding tert-OH is 1. The zero-order valence-corrected chi connectivity index (χ0v) is 8.44. The van der Waals surface area contributed by atoms with Crippen LogP contribution < -0.4 is 10.5 Å². The molecule has 3 N–H and O–H groups in total. The predicted octanol–water partition coefficient (Wildman–Crippen LogP) is 1.47. The predicted molar refractivity (Wildman–Crippen MR) is 56.2 cm³/mol. The molecule has 0 aromatic heterocycles. The lowest BCUT2D eigenvalue weighted by atomic mass is 10.1. The highest BCUT2D eigenvalue weighted by Gasteiger charge is 2.05. The molecular weight excluding hydrogens is 178 g/mol. The fourth-order valence-corrected chi connectivity index (χ4v) is 1.28. The van der Waals surface area contributed by atoms with Gasteiger partial charge in [-0.3, -0.25) is 0 Å². The van der Waals surface area contributed by atoms with Crippen LogP contribution in [0.4, 0.5) is 0 Å². The number of rotatable bonds is 5. The second-order valence-electron chi connectivity index (χ2n) is 3.10. The van der Waals surface area contributed by atoms with Gasteiger partial charge in [0.1, 0.15) is 5.75 Å². The van der Waals surface area contributed by atoms with Crippen LogP contribution in [0.25, 0.3) is 0 Å². The maximum atomic E-state index is 9.62. The van der Waals surface area contributed by atoms with E-state index in [9.17, 15) is 5.11 Å². The van der Waals surface area contributed by atoms with Crippen molar-refractivity contribution in [3.8, 4) is 5.75 Å². The Morgan fingerprint density at radius 3 is 2.50 bits per heavy atom. The number of nitrogens with two attached hydrogens (primary N) is 1. The third kappa shape index (κ3) is 3.01. The molecule has 0 bridgehead atoms. The fraction of sp³-hybridized carbons (Fsp3) is 0.455. The van der Waals surface area contributed by atoms with Gasteiger partial charge in [-0.05, 0) is 37.6 Å². The first-order valence-corrected chi connectivity index (χ1v) is 4.88. The van der Waals surface area contributed by atoms with Crippen LogP contribution in [0.2, 0.25) is 0 Å². The molecule has 0 radical (unpaired) electrons. The average Bonchev–Trinajstić information content (AvgIpc) is 2.20. The van der Waals surface area contributed by atoms with E-state index in [0.29, 0.717) is 19.6 Å². The van der Waals surface area contributed by atoms with E-state index in [1.165, 1.54) is 0 Å². The minimum atomic E-state index is -0.462. The highest BCUT2D eigenvalue weighted by Crippen LogP contribution is 2.19. The van der Waals surface area contributed by atoms with Crippen molar-refractivity contribution >= 4 is 0 Å². The van der Waals surface area contributed by atoms with E-state index in [-0.39, 0.29) is 0 Å². The number of aliphatic hydroxyl groups is 1. The minimum absolute atomic E-state index is 0.462. The molecule has 1 aromatic carbocycles. The molecule has 0 aliphatic rings. The van der Waals surface area contributed by atoms with Crippen molar-refractivity contribution in [1.29, 1.82) is 0 Å². The lowest BCUT2D eigenvalue weighted by Gasteiger charge is -2.10. The number of benzene rings is 1. The highest BCUT2D eigenvalue weighted by atomic mass is 16.5. The van der Waals surface area contributed by atoms with E-state index in [2.05, 4.69) is 0 Å². The number of ether oxygens (including phenoxy) is 1. The Hall–Kier alpha value is -1.06. The van der Waals surface area contributed by atoms with Gasteiger partial charge >= 0.3 is 0 Å². The first kappa shape index (κ1) is 11.0. The number of hydrogen-bond donors (Lipinski definition) is 2. The first-order chi connectivity index (χ1) is 6.77. The summed E-state index contributed by atoms with van der Waals surface area (Å²) in [5, 5.41) is 9.62. The van der Waals surface area contributed by atoms with Gasteiger partial charge in [-0.1, -0.05) is 12.1 Å². The molecule has 0 fully saturated rings. The van der Waals surface area contributed by atoms with Gasteiger partial charge in [-0.15, -0.1) is 0 Å². The molecule has 78 valence electrons. The van der Waals surface area contributed by atoms with E-state index in [4.69, 9.17) is 10.5 Å². The second-order valence-corrected chi connectivity index (χ2v) is 3.10. The third-order valence-corrected chi connectivity index (χ3v) is 2.02. The van der Waals surface area contributed by atoms with E-state index in [1.54, 1.807) is 0 Å². The summed E-state index contributed by atoms with van der Waals surface area (Å²) >= 11 is 0. The molecule has 0 aliphatic carbocycles. The van der Waals surface area contributed by atoms with Gasteiger partial charge in [0, 0.05) is 0 Å². The molecule has 1 aromatic rings. The van der Waals surface area contributed by atoms with Gasteiger partial charge < -0.3 is 15.6 Å². The monoisotopic (exact) mass is 195 g/mol. The van der Waals surface area contributed by atoms with E-state index >= 15 is 0 Å². The highest BCUT2D eigenvalue weighted by molar-refractivity contribution is 5.28. The normalized spacial score (nSPS) is 12.5. The summed E-state index contributed by atoms with van der Waals surface area (Å²) in [5.74, 6) is 0.830. The van der Waals surface area contributed by atoms with Crippen LogP contribution >= 0.6 is 0 Å². The van der Waals surface area contributed by atoms with Crippen LogP contribution in [0.15, 0.2) is 24.3 Å². The quantitative estimate of drug-likeness (QED) is 0.748. The van der Waals surface area contributed by atoms with Crippen molar-refractivity contribution in [1.82, 2.24) is 0 Å². The first-order valence-electron chi connectivity index (χ1n) is 4.88.